The molecule has 0 aliphatic heterocycles. The number of hydrogen-bond donors (Lipinski definition) is 2. The van der Waals surface area contributed by atoms with Crippen LogP contribution in [0.4, 0.5) is 0 Å². The molecular weight excluding hydrogens is 378 g/mol. The number of hydrogen-bond acceptors (Lipinski definition) is 5. The molecule has 0 bridgehead atoms. The van der Waals surface area contributed by atoms with Crippen molar-refractivity contribution in [1.82, 2.24) is 25.4 Å². The topological polar surface area (TPSA) is 96.7 Å². The van der Waals surface area contributed by atoms with E-state index >= 15 is 0 Å². The second-order valence-corrected chi connectivity index (χ2v) is 6.77. The van der Waals surface area contributed by atoms with Crippen molar-refractivity contribution in [2.75, 3.05) is 6.54 Å². The SMILES string of the molecule is O=C(CCc1nc(-c2ccccn2)no1)NCCc1c[nH]c2ccc(Cl)cc12. The molecule has 0 radical (unpaired) electrons. The Morgan fingerprint density at radius 1 is 1.21 bits per heavy atom. The van der Waals surface area contributed by atoms with E-state index in [2.05, 4.69) is 25.4 Å². The summed E-state index contributed by atoms with van der Waals surface area (Å²) in [5.41, 5.74) is 2.79. The van der Waals surface area contributed by atoms with Crippen LogP contribution in [0.25, 0.3) is 22.4 Å². The van der Waals surface area contributed by atoms with Crippen LogP contribution in [0.3, 0.4) is 0 Å². The average Bonchev–Trinajstić information content (AvgIpc) is 3.34. The molecule has 0 aliphatic carbocycles. The Bertz CT molecular complexity index is 1090. The number of rotatable bonds is 7. The van der Waals surface area contributed by atoms with E-state index in [1.54, 1.807) is 12.3 Å². The van der Waals surface area contributed by atoms with Crippen LogP contribution in [-0.4, -0.2) is 32.6 Å². The van der Waals surface area contributed by atoms with Gasteiger partial charge in [-0.05, 0) is 42.3 Å². The number of fused-ring (bicyclic) bond motifs is 1. The van der Waals surface area contributed by atoms with Gasteiger partial charge in [-0.2, -0.15) is 4.98 Å². The first kappa shape index (κ1) is 18.2. The normalized spacial score (nSPS) is 11.0. The van der Waals surface area contributed by atoms with Gasteiger partial charge in [-0.1, -0.05) is 22.8 Å². The van der Waals surface area contributed by atoms with Crippen LogP contribution in [0.5, 0.6) is 0 Å². The maximum Gasteiger partial charge on any atom is 0.227 e. The highest BCUT2D eigenvalue weighted by Gasteiger charge is 2.11. The van der Waals surface area contributed by atoms with Gasteiger partial charge in [0.2, 0.25) is 17.6 Å². The molecular formula is C20H18ClN5O2. The summed E-state index contributed by atoms with van der Waals surface area (Å²) >= 11 is 6.06. The van der Waals surface area contributed by atoms with E-state index in [-0.39, 0.29) is 12.3 Å². The smallest absolute Gasteiger partial charge is 0.227 e. The van der Waals surface area contributed by atoms with Crippen LogP contribution in [0, 0.1) is 0 Å². The number of H-pyrrole nitrogens is 1. The summed E-state index contributed by atoms with van der Waals surface area (Å²) < 4.78 is 5.19. The third-order valence-electron chi connectivity index (χ3n) is 4.37. The maximum absolute atomic E-state index is 12.1. The monoisotopic (exact) mass is 395 g/mol. The van der Waals surface area contributed by atoms with Crippen molar-refractivity contribution in [2.45, 2.75) is 19.3 Å². The predicted molar refractivity (Wildman–Crippen MR) is 106 cm³/mol. The van der Waals surface area contributed by atoms with Gasteiger partial charge in [0, 0.05) is 47.7 Å². The minimum Gasteiger partial charge on any atom is -0.361 e. The van der Waals surface area contributed by atoms with Crippen molar-refractivity contribution >= 4 is 28.4 Å². The van der Waals surface area contributed by atoms with E-state index in [9.17, 15) is 4.79 Å². The van der Waals surface area contributed by atoms with Crippen molar-refractivity contribution in [2.24, 2.45) is 0 Å². The summed E-state index contributed by atoms with van der Waals surface area (Å²) in [7, 11) is 0. The highest BCUT2D eigenvalue weighted by Crippen LogP contribution is 2.22. The fourth-order valence-corrected chi connectivity index (χ4v) is 3.13. The van der Waals surface area contributed by atoms with E-state index in [0.29, 0.717) is 35.4 Å². The highest BCUT2D eigenvalue weighted by atomic mass is 35.5. The summed E-state index contributed by atoms with van der Waals surface area (Å²) in [5.74, 6) is 0.784. The molecule has 0 atom stereocenters. The van der Waals surface area contributed by atoms with Crippen LogP contribution < -0.4 is 5.32 Å². The lowest BCUT2D eigenvalue weighted by Crippen LogP contribution is -2.25. The van der Waals surface area contributed by atoms with Gasteiger partial charge in [-0.15, -0.1) is 0 Å². The zero-order valence-corrected chi connectivity index (χ0v) is 15.7. The average molecular weight is 396 g/mol. The molecule has 8 heteroatoms. The Balaban J connectivity index is 1.26. The standard InChI is InChI=1S/C20H18ClN5O2/c21-14-4-5-16-15(11-14)13(12-24-16)8-10-23-18(27)6-7-19-25-20(26-28-19)17-3-1-2-9-22-17/h1-5,9,11-12,24H,6-8,10H2,(H,23,27). The summed E-state index contributed by atoms with van der Waals surface area (Å²) in [6.07, 6.45) is 5.00. The van der Waals surface area contributed by atoms with E-state index in [1.807, 2.05) is 36.5 Å². The molecule has 0 unspecified atom stereocenters. The van der Waals surface area contributed by atoms with Gasteiger partial charge >= 0.3 is 0 Å². The molecule has 0 saturated heterocycles. The van der Waals surface area contributed by atoms with Gasteiger partial charge in [0.05, 0.1) is 0 Å². The van der Waals surface area contributed by atoms with Gasteiger partial charge in [0.25, 0.3) is 0 Å². The van der Waals surface area contributed by atoms with Crippen molar-refractivity contribution in [3.05, 3.63) is 65.3 Å². The molecule has 3 aromatic heterocycles. The fourth-order valence-electron chi connectivity index (χ4n) is 2.96. The molecule has 142 valence electrons. The second-order valence-electron chi connectivity index (χ2n) is 6.33. The molecule has 0 spiro atoms. The number of aryl methyl sites for hydroxylation is 1. The largest absolute Gasteiger partial charge is 0.361 e. The summed E-state index contributed by atoms with van der Waals surface area (Å²) in [5, 5.41) is 8.60. The molecule has 4 rings (SSSR count). The Morgan fingerprint density at radius 3 is 3.00 bits per heavy atom. The molecule has 1 amide bonds. The number of carbonyl (C=O) groups excluding carboxylic acids is 1. The number of pyridine rings is 1. The Hall–Kier alpha value is -3.19. The van der Waals surface area contributed by atoms with Gasteiger partial charge in [0.1, 0.15) is 5.69 Å². The molecule has 4 aromatic rings. The number of nitrogens with zero attached hydrogens (tertiary/aromatic N) is 3. The van der Waals surface area contributed by atoms with Gasteiger partial charge in [0.15, 0.2) is 0 Å². The quantitative estimate of drug-likeness (QED) is 0.498. The van der Waals surface area contributed by atoms with Gasteiger partial charge in [-0.3, -0.25) is 9.78 Å². The molecule has 7 nitrogen and oxygen atoms in total. The van der Waals surface area contributed by atoms with E-state index in [4.69, 9.17) is 16.1 Å². The molecule has 0 saturated carbocycles. The molecule has 0 fully saturated rings. The first-order valence-corrected chi connectivity index (χ1v) is 9.33. The summed E-state index contributed by atoms with van der Waals surface area (Å²) in [4.78, 5) is 23.8. The summed E-state index contributed by atoms with van der Waals surface area (Å²) in [6.45, 7) is 0.543. The number of carbonyl (C=O) groups is 1. The molecule has 3 heterocycles. The lowest BCUT2D eigenvalue weighted by molar-refractivity contribution is -0.121. The predicted octanol–water partition coefficient (Wildman–Crippen LogP) is 3.56. The Labute approximate surface area is 166 Å². The lowest BCUT2D eigenvalue weighted by atomic mass is 10.1. The van der Waals surface area contributed by atoms with Crippen molar-refractivity contribution in [3.63, 3.8) is 0 Å². The fraction of sp³-hybridized carbons (Fsp3) is 0.200. The minimum absolute atomic E-state index is 0.0598. The van der Waals surface area contributed by atoms with E-state index < -0.39 is 0 Å². The number of halogens is 1. The Kier molecular flexibility index (Phi) is 5.34. The van der Waals surface area contributed by atoms with Crippen LogP contribution in [0.15, 0.2) is 53.3 Å². The lowest BCUT2D eigenvalue weighted by Gasteiger charge is -2.04. The van der Waals surface area contributed by atoms with Gasteiger partial charge < -0.3 is 14.8 Å². The van der Waals surface area contributed by atoms with Crippen molar-refractivity contribution in [1.29, 1.82) is 0 Å². The van der Waals surface area contributed by atoms with Crippen LogP contribution in [-0.2, 0) is 17.6 Å². The number of benzene rings is 1. The molecule has 1 aromatic carbocycles. The zero-order chi connectivity index (χ0) is 19.3. The third-order valence-corrected chi connectivity index (χ3v) is 4.61. The zero-order valence-electron chi connectivity index (χ0n) is 15.0. The van der Waals surface area contributed by atoms with Gasteiger partial charge in [-0.25, -0.2) is 0 Å². The van der Waals surface area contributed by atoms with Crippen LogP contribution >= 0.6 is 11.6 Å². The van der Waals surface area contributed by atoms with Crippen molar-refractivity contribution < 1.29 is 9.32 Å². The number of aromatic nitrogens is 4. The minimum atomic E-state index is -0.0598. The highest BCUT2D eigenvalue weighted by molar-refractivity contribution is 6.31. The molecule has 2 N–H and O–H groups in total. The van der Waals surface area contributed by atoms with Crippen LogP contribution in [0.1, 0.15) is 17.9 Å². The number of amides is 1. The van der Waals surface area contributed by atoms with E-state index in [0.717, 1.165) is 22.9 Å². The number of aromatic amines is 1. The first-order chi connectivity index (χ1) is 13.7. The van der Waals surface area contributed by atoms with Crippen molar-refractivity contribution in [3.8, 4) is 11.5 Å². The molecule has 0 aliphatic rings. The Morgan fingerprint density at radius 2 is 2.14 bits per heavy atom. The second kappa shape index (κ2) is 8.22. The number of nitrogens with one attached hydrogen (secondary N) is 2. The maximum atomic E-state index is 12.1. The first-order valence-electron chi connectivity index (χ1n) is 8.95. The molecule has 28 heavy (non-hydrogen) atoms. The summed E-state index contributed by atoms with van der Waals surface area (Å²) in [6, 6.07) is 11.2. The van der Waals surface area contributed by atoms with E-state index in [1.165, 1.54) is 0 Å². The van der Waals surface area contributed by atoms with Crippen LogP contribution in [0.2, 0.25) is 5.02 Å². The third kappa shape index (κ3) is 4.20.